The van der Waals surface area contributed by atoms with Crippen LogP contribution in [0, 0.1) is 0 Å². The third-order valence-corrected chi connectivity index (χ3v) is 2.53. The Morgan fingerprint density at radius 2 is 1.28 bits per heavy atom. The molecule has 146 valence electrons. The van der Waals surface area contributed by atoms with Gasteiger partial charge in [-0.3, -0.25) is 0 Å². The molecule has 0 heterocycles. The van der Waals surface area contributed by atoms with Gasteiger partial charge in [-0.05, 0) is 55.4 Å². The lowest BCUT2D eigenvalue weighted by Crippen LogP contribution is -2.54. The summed E-state index contributed by atoms with van der Waals surface area (Å²) in [5.74, 6) is -0.771. The number of carbonyl (C=O) groups excluding carboxylic acids is 3. The molecule has 0 aromatic heterocycles. The Morgan fingerprint density at radius 1 is 0.840 bits per heavy atom. The standard InChI is InChI=1S/C17H31NO7/c1-9-22-11-12(13(19)23-10-2)18(14(20)24-16(3,4)5)15(21)25-17(6,7)8/h12H,9-11H2,1-8H3/t12-/m0/s1. The number of ether oxygens (including phenoxy) is 4. The van der Waals surface area contributed by atoms with Crippen molar-refractivity contribution in [3.63, 3.8) is 0 Å². The average Bonchev–Trinajstić information content (AvgIpc) is 2.39. The Morgan fingerprint density at radius 3 is 1.60 bits per heavy atom. The maximum Gasteiger partial charge on any atom is 0.420 e. The van der Waals surface area contributed by atoms with E-state index < -0.39 is 35.4 Å². The van der Waals surface area contributed by atoms with E-state index in [0.717, 1.165) is 0 Å². The van der Waals surface area contributed by atoms with E-state index in [1.165, 1.54) is 0 Å². The zero-order chi connectivity index (χ0) is 19.8. The van der Waals surface area contributed by atoms with Crippen LogP contribution in [0.15, 0.2) is 0 Å². The number of amides is 2. The van der Waals surface area contributed by atoms with E-state index in [-0.39, 0.29) is 13.2 Å². The van der Waals surface area contributed by atoms with Crippen LogP contribution in [-0.2, 0) is 23.7 Å². The van der Waals surface area contributed by atoms with Gasteiger partial charge < -0.3 is 18.9 Å². The van der Waals surface area contributed by atoms with Gasteiger partial charge >= 0.3 is 18.2 Å². The van der Waals surface area contributed by atoms with Gasteiger partial charge in [0.05, 0.1) is 13.2 Å². The second-order valence-electron chi connectivity index (χ2n) is 7.26. The van der Waals surface area contributed by atoms with Crippen LogP contribution < -0.4 is 0 Å². The number of imide groups is 1. The summed E-state index contributed by atoms with van der Waals surface area (Å²) in [6.07, 6.45) is -2.00. The Balaban J connectivity index is 5.71. The maximum absolute atomic E-state index is 12.5. The highest BCUT2D eigenvalue weighted by Crippen LogP contribution is 2.18. The molecule has 0 aliphatic carbocycles. The van der Waals surface area contributed by atoms with Crippen LogP contribution in [0.5, 0.6) is 0 Å². The van der Waals surface area contributed by atoms with E-state index in [2.05, 4.69) is 0 Å². The molecule has 0 aromatic carbocycles. The van der Waals surface area contributed by atoms with E-state index in [1.807, 2.05) is 0 Å². The first-order valence-electron chi connectivity index (χ1n) is 8.32. The molecule has 0 aromatic rings. The summed E-state index contributed by atoms with van der Waals surface area (Å²) in [5.41, 5.74) is -1.72. The molecule has 0 bridgehead atoms. The molecule has 0 N–H and O–H groups in total. The quantitative estimate of drug-likeness (QED) is 0.530. The molecule has 0 saturated heterocycles. The molecular weight excluding hydrogens is 330 g/mol. The minimum absolute atomic E-state index is 0.0952. The highest BCUT2D eigenvalue weighted by Gasteiger charge is 2.41. The van der Waals surface area contributed by atoms with Gasteiger partial charge in [0.2, 0.25) is 0 Å². The molecule has 0 unspecified atom stereocenters. The topological polar surface area (TPSA) is 91.4 Å². The van der Waals surface area contributed by atoms with Gasteiger partial charge in [-0.25, -0.2) is 14.4 Å². The molecule has 0 rings (SSSR count). The third-order valence-electron chi connectivity index (χ3n) is 2.53. The molecule has 8 heteroatoms. The Bertz CT molecular complexity index is 435. The third kappa shape index (κ3) is 9.28. The van der Waals surface area contributed by atoms with Crippen molar-refractivity contribution in [3.8, 4) is 0 Å². The predicted octanol–water partition coefficient (Wildman–Crippen LogP) is 3.13. The largest absolute Gasteiger partial charge is 0.464 e. The summed E-state index contributed by atoms with van der Waals surface area (Å²) in [6.45, 7) is 13.5. The summed E-state index contributed by atoms with van der Waals surface area (Å²) in [4.78, 5) is 38.0. The number of carbonyl (C=O) groups is 3. The van der Waals surface area contributed by atoms with Crippen molar-refractivity contribution in [2.45, 2.75) is 72.6 Å². The van der Waals surface area contributed by atoms with Gasteiger partial charge in [0.25, 0.3) is 0 Å². The van der Waals surface area contributed by atoms with Crippen molar-refractivity contribution >= 4 is 18.2 Å². The molecule has 0 saturated carbocycles. The van der Waals surface area contributed by atoms with Crippen molar-refractivity contribution in [3.05, 3.63) is 0 Å². The molecule has 0 fully saturated rings. The van der Waals surface area contributed by atoms with Crippen LogP contribution in [0.3, 0.4) is 0 Å². The summed E-state index contributed by atoms with van der Waals surface area (Å²) < 4.78 is 20.7. The van der Waals surface area contributed by atoms with Crippen LogP contribution in [0.4, 0.5) is 9.59 Å². The highest BCUT2D eigenvalue weighted by atomic mass is 16.6. The van der Waals surface area contributed by atoms with E-state index in [1.54, 1.807) is 55.4 Å². The SMILES string of the molecule is CCOC[C@@H](C(=O)OCC)N(C(=O)OC(C)(C)C)C(=O)OC(C)(C)C. The fourth-order valence-electron chi connectivity index (χ4n) is 1.67. The Kier molecular flexibility index (Phi) is 8.90. The zero-order valence-electron chi connectivity index (χ0n) is 16.5. The van der Waals surface area contributed by atoms with Crippen molar-refractivity contribution in [1.82, 2.24) is 4.90 Å². The lowest BCUT2D eigenvalue weighted by atomic mass is 10.2. The van der Waals surface area contributed by atoms with Crippen LogP contribution in [-0.4, -0.2) is 60.1 Å². The number of nitrogens with zero attached hydrogens (tertiary/aromatic N) is 1. The van der Waals surface area contributed by atoms with Crippen molar-refractivity contribution in [1.29, 1.82) is 0 Å². The Labute approximate surface area is 149 Å². The van der Waals surface area contributed by atoms with E-state index in [4.69, 9.17) is 18.9 Å². The Hall–Kier alpha value is -1.83. The highest BCUT2D eigenvalue weighted by molar-refractivity contribution is 5.94. The zero-order valence-corrected chi connectivity index (χ0v) is 16.5. The first-order valence-corrected chi connectivity index (χ1v) is 8.32. The minimum atomic E-state index is -1.30. The first-order chi connectivity index (χ1) is 11.3. The number of rotatable bonds is 6. The summed E-state index contributed by atoms with van der Waals surface area (Å²) >= 11 is 0. The summed E-state index contributed by atoms with van der Waals surface area (Å²) in [6, 6.07) is -1.30. The smallest absolute Gasteiger partial charge is 0.420 e. The molecule has 0 radical (unpaired) electrons. The van der Waals surface area contributed by atoms with Gasteiger partial charge in [-0.1, -0.05) is 0 Å². The number of esters is 1. The van der Waals surface area contributed by atoms with E-state index in [0.29, 0.717) is 11.5 Å². The second kappa shape index (κ2) is 9.60. The van der Waals surface area contributed by atoms with Crippen LogP contribution in [0.1, 0.15) is 55.4 Å². The minimum Gasteiger partial charge on any atom is -0.464 e. The molecule has 25 heavy (non-hydrogen) atoms. The number of hydrogen-bond donors (Lipinski definition) is 0. The second-order valence-corrected chi connectivity index (χ2v) is 7.26. The maximum atomic E-state index is 12.5. The molecule has 2 amide bonds. The molecule has 1 atom stereocenters. The monoisotopic (exact) mass is 361 g/mol. The fourth-order valence-corrected chi connectivity index (χ4v) is 1.67. The lowest BCUT2D eigenvalue weighted by Gasteiger charge is -2.32. The van der Waals surface area contributed by atoms with Gasteiger partial charge in [-0.2, -0.15) is 4.90 Å². The van der Waals surface area contributed by atoms with Gasteiger partial charge in [-0.15, -0.1) is 0 Å². The molecule has 0 aliphatic heterocycles. The molecule has 8 nitrogen and oxygen atoms in total. The van der Waals surface area contributed by atoms with Gasteiger partial charge in [0.15, 0.2) is 6.04 Å². The normalized spacial score (nSPS) is 13.0. The van der Waals surface area contributed by atoms with Crippen LogP contribution in [0.2, 0.25) is 0 Å². The lowest BCUT2D eigenvalue weighted by molar-refractivity contribution is -0.151. The summed E-state index contributed by atoms with van der Waals surface area (Å²) in [5, 5.41) is 0. The molecule has 0 spiro atoms. The van der Waals surface area contributed by atoms with Gasteiger partial charge in [0.1, 0.15) is 11.2 Å². The van der Waals surface area contributed by atoms with E-state index in [9.17, 15) is 14.4 Å². The predicted molar refractivity (Wildman–Crippen MR) is 91.2 cm³/mol. The van der Waals surface area contributed by atoms with Crippen molar-refractivity contribution < 1.29 is 33.3 Å². The molecule has 0 aliphatic rings. The molecular formula is C17H31NO7. The van der Waals surface area contributed by atoms with Crippen molar-refractivity contribution in [2.24, 2.45) is 0 Å². The average molecular weight is 361 g/mol. The van der Waals surface area contributed by atoms with Crippen LogP contribution >= 0.6 is 0 Å². The summed E-state index contributed by atoms with van der Waals surface area (Å²) in [7, 11) is 0. The van der Waals surface area contributed by atoms with Gasteiger partial charge in [0, 0.05) is 6.61 Å². The first kappa shape index (κ1) is 23.2. The number of hydrogen-bond acceptors (Lipinski definition) is 7. The van der Waals surface area contributed by atoms with Crippen molar-refractivity contribution in [2.75, 3.05) is 19.8 Å². The van der Waals surface area contributed by atoms with E-state index >= 15 is 0 Å². The van der Waals surface area contributed by atoms with Crippen LogP contribution in [0.25, 0.3) is 0 Å². The fraction of sp³-hybridized carbons (Fsp3) is 0.824.